The van der Waals surface area contributed by atoms with Crippen LogP contribution in [0.1, 0.15) is 0 Å². The molecule has 1 aromatic rings. The predicted octanol–water partition coefficient (Wildman–Crippen LogP) is 0.426. The van der Waals surface area contributed by atoms with Gasteiger partial charge in [-0.2, -0.15) is 0 Å². The number of carbonyl (C=O) groups excluding carboxylic acids is 1. The van der Waals surface area contributed by atoms with Crippen LogP contribution in [0.5, 0.6) is 0 Å². The van der Waals surface area contributed by atoms with Gasteiger partial charge >= 0.3 is 0 Å². The normalized spacial score (nSPS) is 20.1. The van der Waals surface area contributed by atoms with Gasteiger partial charge in [0.15, 0.2) is 0 Å². The average Bonchev–Trinajstić information content (AvgIpc) is 2.25. The van der Waals surface area contributed by atoms with Gasteiger partial charge in [-0.15, -0.1) is 0 Å². The molecular weight excluding hydrogens is 190 g/mol. The van der Waals surface area contributed by atoms with Crippen molar-refractivity contribution in [1.29, 1.82) is 0 Å². The highest BCUT2D eigenvalue weighted by Gasteiger charge is 2.34. The second-order valence-electron chi connectivity index (χ2n) is 3.97. The lowest BCUT2D eigenvalue weighted by atomic mass is 10.1. The van der Waals surface area contributed by atoms with Gasteiger partial charge in [0.2, 0.25) is 5.91 Å². The van der Waals surface area contributed by atoms with E-state index in [0.717, 1.165) is 11.4 Å². The van der Waals surface area contributed by atoms with E-state index in [1.807, 2.05) is 43.3 Å². The van der Waals surface area contributed by atoms with Crippen LogP contribution in [-0.2, 0) is 4.79 Å². The van der Waals surface area contributed by atoms with E-state index in [-0.39, 0.29) is 11.9 Å². The Bertz CT molecular complexity index is 372. The molecule has 0 saturated carbocycles. The van der Waals surface area contributed by atoms with Crippen LogP contribution in [0.2, 0.25) is 0 Å². The van der Waals surface area contributed by atoms with Crippen LogP contribution >= 0.6 is 0 Å². The third kappa shape index (κ3) is 1.68. The fraction of sp³-hybridized carbons (Fsp3) is 0.364. The zero-order chi connectivity index (χ0) is 11.0. The van der Waals surface area contributed by atoms with E-state index in [2.05, 4.69) is 0 Å². The lowest BCUT2D eigenvalue weighted by molar-refractivity contribution is -0.123. The Labute approximate surface area is 89.3 Å². The molecule has 1 aliphatic rings. The summed E-state index contributed by atoms with van der Waals surface area (Å²) in [6.07, 6.45) is 0. The Balaban J connectivity index is 2.14. The highest BCUT2D eigenvalue weighted by molar-refractivity contribution is 6.03. The third-order valence-corrected chi connectivity index (χ3v) is 2.64. The number of β-lactam (4-membered cyclic amide) rings is 1. The van der Waals surface area contributed by atoms with Gasteiger partial charge in [-0.1, -0.05) is 0 Å². The number of rotatable bonds is 2. The van der Waals surface area contributed by atoms with Gasteiger partial charge in [-0.3, -0.25) is 4.79 Å². The van der Waals surface area contributed by atoms with Gasteiger partial charge < -0.3 is 15.5 Å². The molecule has 1 atom stereocenters. The number of hydrogen-bond donors (Lipinski definition) is 1. The molecule has 0 aliphatic carbocycles. The number of anilines is 2. The summed E-state index contributed by atoms with van der Waals surface area (Å²) >= 11 is 0. The Hall–Kier alpha value is -1.55. The summed E-state index contributed by atoms with van der Waals surface area (Å²) in [5.74, 6) is 0.00704. The molecule has 1 aromatic carbocycles. The first-order valence-electron chi connectivity index (χ1n) is 4.94. The number of amides is 1. The van der Waals surface area contributed by atoms with Crippen LogP contribution in [0.3, 0.4) is 0 Å². The van der Waals surface area contributed by atoms with Gasteiger partial charge in [0, 0.05) is 25.5 Å². The molecule has 0 spiro atoms. The van der Waals surface area contributed by atoms with E-state index in [1.165, 1.54) is 0 Å². The van der Waals surface area contributed by atoms with Gasteiger partial charge in [-0.05, 0) is 24.3 Å². The second kappa shape index (κ2) is 3.55. The summed E-state index contributed by atoms with van der Waals surface area (Å²) in [5, 5.41) is 0. The van der Waals surface area contributed by atoms with Crippen LogP contribution in [-0.4, -0.2) is 32.6 Å². The standard InChI is InChI=1S/C11H15N3O/c1-13(2)8-3-5-9(6-4-8)14-7-10(12)11(14)15/h3-6,10H,7,12H2,1-2H3/t10-/m1/s1. The molecule has 15 heavy (non-hydrogen) atoms. The van der Waals surface area contributed by atoms with Crippen molar-refractivity contribution < 1.29 is 4.79 Å². The summed E-state index contributed by atoms with van der Waals surface area (Å²) in [5.41, 5.74) is 7.57. The maximum absolute atomic E-state index is 11.4. The van der Waals surface area contributed by atoms with Crippen molar-refractivity contribution in [2.24, 2.45) is 5.73 Å². The Morgan fingerprint density at radius 3 is 2.33 bits per heavy atom. The number of nitrogens with zero attached hydrogens (tertiary/aromatic N) is 2. The van der Waals surface area contributed by atoms with E-state index in [9.17, 15) is 4.79 Å². The first-order chi connectivity index (χ1) is 7.09. The molecule has 0 radical (unpaired) electrons. The molecule has 4 heteroatoms. The molecule has 1 amide bonds. The van der Waals surface area contributed by atoms with Crippen molar-refractivity contribution >= 4 is 17.3 Å². The second-order valence-corrected chi connectivity index (χ2v) is 3.97. The maximum atomic E-state index is 11.4. The van der Waals surface area contributed by atoms with Crippen LogP contribution < -0.4 is 15.5 Å². The predicted molar refractivity (Wildman–Crippen MR) is 61.1 cm³/mol. The molecule has 2 N–H and O–H groups in total. The van der Waals surface area contributed by atoms with E-state index < -0.39 is 0 Å². The van der Waals surface area contributed by atoms with E-state index in [4.69, 9.17) is 5.73 Å². The summed E-state index contributed by atoms with van der Waals surface area (Å²) < 4.78 is 0. The van der Waals surface area contributed by atoms with E-state index >= 15 is 0 Å². The smallest absolute Gasteiger partial charge is 0.245 e. The lowest BCUT2D eigenvalue weighted by Gasteiger charge is -2.36. The zero-order valence-electron chi connectivity index (χ0n) is 8.97. The average molecular weight is 205 g/mol. The Kier molecular flexibility index (Phi) is 2.36. The van der Waals surface area contributed by atoms with E-state index in [1.54, 1.807) is 4.90 Å². The minimum Gasteiger partial charge on any atom is -0.378 e. The molecular formula is C11H15N3O. The van der Waals surface area contributed by atoms with Crippen molar-refractivity contribution in [2.45, 2.75) is 6.04 Å². The topological polar surface area (TPSA) is 49.6 Å². The molecule has 0 bridgehead atoms. The third-order valence-electron chi connectivity index (χ3n) is 2.64. The van der Waals surface area contributed by atoms with Gasteiger partial charge in [0.05, 0.1) is 6.54 Å². The fourth-order valence-electron chi connectivity index (χ4n) is 1.62. The Morgan fingerprint density at radius 2 is 1.93 bits per heavy atom. The zero-order valence-corrected chi connectivity index (χ0v) is 8.97. The number of nitrogens with two attached hydrogens (primary N) is 1. The molecule has 80 valence electrons. The highest BCUT2D eigenvalue weighted by Crippen LogP contribution is 2.23. The van der Waals surface area contributed by atoms with Crippen molar-refractivity contribution in [3.63, 3.8) is 0 Å². The van der Waals surface area contributed by atoms with Crippen LogP contribution in [0.4, 0.5) is 11.4 Å². The quantitative estimate of drug-likeness (QED) is 0.712. The maximum Gasteiger partial charge on any atom is 0.245 e. The summed E-state index contributed by atoms with van der Waals surface area (Å²) in [6, 6.07) is 7.57. The minimum absolute atomic E-state index is 0.00704. The SMILES string of the molecule is CN(C)c1ccc(N2C[C@@H](N)C2=O)cc1. The molecule has 4 nitrogen and oxygen atoms in total. The van der Waals surface area contributed by atoms with Gasteiger partial charge in [-0.25, -0.2) is 0 Å². The molecule has 0 aromatic heterocycles. The minimum atomic E-state index is -0.307. The summed E-state index contributed by atoms with van der Waals surface area (Å²) in [7, 11) is 3.97. The molecule has 1 saturated heterocycles. The van der Waals surface area contributed by atoms with E-state index in [0.29, 0.717) is 6.54 Å². The molecule has 1 heterocycles. The lowest BCUT2D eigenvalue weighted by Crippen LogP contribution is -2.61. The van der Waals surface area contributed by atoms with Crippen molar-refractivity contribution in [3.05, 3.63) is 24.3 Å². The molecule has 2 rings (SSSR count). The molecule has 1 aliphatic heterocycles. The first kappa shape index (κ1) is 9.98. The summed E-state index contributed by atoms with van der Waals surface area (Å²) in [6.45, 7) is 0.625. The van der Waals surface area contributed by atoms with Crippen LogP contribution in [0.15, 0.2) is 24.3 Å². The van der Waals surface area contributed by atoms with Gasteiger partial charge in [0.1, 0.15) is 6.04 Å². The monoisotopic (exact) mass is 205 g/mol. The molecule has 1 fully saturated rings. The Morgan fingerprint density at radius 1 is 1.33 bits per heavy atom. The molecule has 0 unspecified atom stereocenters. The van der Waals surface area contributed by atoms with Gasteiger partial charge in [0.25, 0.3) is 0 Å². The fourth-order valence-corrected chi connectivity index (χ4v) is 1.62. The van der Waals surface area contributed by atoms with Crippen molar-refractivity contribution in [3.8, 4) is 0 Å². The number of hydrogen-bond acceptors (Lipinski definition) is 3. The van der Waals surface area contributed by atoms with Crippen LogP contribution in [0.25, 0.3) is 0 Å². The largest absolute Gasteiger partial charge is 0.378 e. The van der Waals surface area contributed by atoms with Crippen LogP contribution in [0, 0.1) is 0 Å². The number of carbonyl (C=O) groups is 1. The summed E-state index contributed by atoms with van der Waals surface area (Å²) in [4.78, 5) is 15.1. The number of benzene rings is 1. The van der Waals surface area contributed by atoms with Crippen molar-refractivity contribution in [1.82, 2.24) is 0 Å². The first-order valence-corrected chi connectivity index (χ1v) is 4.94. The highest BCUT2D eigenvalue weighted by atomic mass is 16.2. The van der Waals surface area contributed by atoms with Crippen molar-refractivity contribution in [2.75, 3.05) is 30.4 Å².